The minimum absolute atomic E-state index is 0.0529. The van der Waals surface area contributed by atoms with Gasteiger partial charge in [-0.25, -0.2) is 4.79 Å². The van der Waals surface area contributed by atoms with Gasteiger partial charge in [0.1, 0.15) is 4.83 Å². The molecule has 0 saturated heterocycles. The fourth-order valence-electron chi connectivity index (χ4n) is 1.30. The topological polar surface area (TPSA) is 43.4 Å². The summed E-state index contributed by atoms with van der Waals surface area (Å²) in [6.45, 7) is 1.60. The molecule has 0 aliphatic carbocycles. The van der Waals surface area contributed by atoms with Gasteiger partial charge in [0.2, 0.25) is 0 Å². The van der Waals surface area contributed by atoms with Crippen molar-refractivity contribution in [2.45, 2.75) is 17.9 Å². The van der Waals surface area contributed by atoms with E-state index < -0.39 is 28.3 Å². The number of ether oxygens (including phenoxy) is 1. The smallest absolute Gasteiger partial charge is 0.416 e. The second-order valence-corrected chi connectivity index (χ2v) is 4.48. The van der Waals surface area contributed by atoms with Crippen molar-refractivity contribution in [2.24, 2.45) is 0 Å². The van der Waals surface area contributed by atoms with Gasteiger partial charge in [-0.05, 0) is 24.6 Å². The Bertz CT molecular complexity index is 468. The Morgan fingerprint density at radius 3 is 2.21 bits per heavy atom. The lowest BCUT2D eigenvalue weighted by Crippen LogP contribution is -2.21. The fourth-order valence-corrected chi connectivity index (χ4v) is 1.79. The zero-order valence-corrected chi connectivity index (χ0v) is 11.4. The molecule has 1 aromatic rings. The van der Waals surface area contributed by atoms with Gasteiger partial charge in [-0.3, -0.25) is 4.79 Å². The first kappa shape index (κ1) is 15.7. The molecule has 0 spiro atoms. The van der Waals surface area contributed by atoms with Crippen molar-refractivity contribution < 1.29 is 27.5 Å². The van der Waals surface area contributed by atoms with Gasteiger partial charge < -0.3 is 4.74 Å². The molecule has 0 radical (unpaired) electrons. The third-order valence-electron chi connectivity index (χ3n) is 2.24. The van der Waals surface area contributed by atoms with Gasteiger partial charge in [0.25, 0.3) is 5.78 Å². The van der Waals surface area contributed by atoms with Crippen LogP contribution in [0.3, 0.4) is 0 Å². The van der Waals surface area contributed by atoms with E-state index in [9.17, 15) is 22.8 Å². The molecule has 1 aromatic carbocycles. The van der Waals surface area contributed by atoms with Crippen molar-refractivity contribution in [1.82, 2.24) is 0 Å². The molecular weight excluding hydrogens is 329 g/mol. The summed E-state index contributed by atoms with van der Waals surface area (Å²) in [5.41, 5.74) is -0.564. The highest BCUT2D eigenvalue weighted by Gasteiger charge is 2.31. The second kappa shape index (κ2) is 6.18. The first-order chi connectivity index (χ1) is 8.77. The summed E-state index contributed by atoms with van der Waals surface area (Å²) in [7, 11) is 0. The summed E-state index contributed by atoms with van der Waals surface area (Å²) in [5, 5.41) is 0. The van der Waals surface area contributed by atoms with Crippen LogP contribution in [-0.4, -0.2) is 18.4 Å². The van der Waals surface area contributed by atoms with Crippen LogP contribution in [0.15, 0.2) is 24.3 Å². The standard InChI is InChI=1S/C12H10BrF3O3/c1-2-19-11(18)10(17)9(13)7-3-5-8(6-4-7)12(14,15)16/h3-6,9H,2H2,1H3. The summed E-state index contributed by atoms with van der Waals surface area (Å²) in [4.78, 5) is 21.8. The Kier molecular flexibility index (Phi) is 5.11. The van der Waals surface area contributed by atoms with Gasteiger partial charge in [0, 0.05) is 0 Å². The molecule has 0 aliphatic rings. The molecule has 0 fully saturated rings. The molecule has 0 N–H and O–H groups in total. The molecular formula is C12H10BrF3O3. The zero-order valence-electron chi connectivity index (χ0n) is 9.83. The summed E-state index contributed by atoms with van der Waals surface area (Å²) >= 11 is 2.97. The highest BCUT2D eigenvalue weighted by molar-refractivity contribution is 9.09. The van der Waals surface area contributed by atoms with Crippen LogP contribution < -0.4 is 0 Å². The average Bonchev–Trinajstić information content (AvgIpc) is 2.36. The van der Waals surface area contributed by atoms with Crippen LogP contribution in [0.5, 0.6) is 0 Å². The summed E-state index contributed by atoms with van der Waals surface area (Å²) in [6.07, 6.45) is -4.44. The van der Waals surface area contributed by atoms with Gasteiger partial charge in [0.05, 0.1) is 12.2 Å². The number of rotatable bonds is 4. The van der Waals surface area contributed by atoms with Gasteiger partial charge >= 0.3 is 12.1 Å². The maximum Gasteiger partial charge on any atom is 0.416 e. The first-order valence-electron chi connectivity index (χ1n) is 5.29. The monoisotopic (exact) mass is 338 g/mol. The first-order valence-corrected chi connectivity index (χ1v) is 6.21. The van der Waals surface area contributed by atoms with Crippen molar-refractivity contribution in [1.29, 1.82) is 0 Å². The van der Waals surface area contributed by atoms with E-state index in [0.29, 0.717) is 0 Å². The van der Waals surface area contributed by atoms with Crippen LogP contribution in [0.2, 0.25) is 0 Å². The number of carbonyl (C=O) groups excluding carboxylic acids is 2. The predicted octanol–water partition coefficient (Wildman–Crippen LogP) is 3.27. The lowest BCUT2D eigenvalue weighted by atomic mass is 10.1. The predicted molar refractivity (Wildman–Crippen MR) is 64.8 cm³/mol. The largest absolute Gasteiger partial charge is 0.460 e. The molecule has 1 unspecified atom stereocenters. The average molecular weight is 339 g/mol. The third-order valence-corrected chi connectivity index (χ3v) is 3.18. The van der Waals surface area contributed by atoms with E-state index in [1.807, 2.05) is 0 Å². The molecule has 1 atom stereocenters. The normalized spacial score (nSPS) is 12.9. The van der Waals surface area contributed by atoms with Crippen molar-refractivity contribution in [2.75, 3.05) is 6.61 Å². The van der Waals surface area contributed by atoms with Crippen molar-refractivity contribution in [3.8, 4) is 0 Å². The molecule has 0 aliphatic heterocycles. The molecule has 0 saturated carbocycles. The van der Waals surface area contributed by atoms with Gasteiger partial charge in [-0.1, -0.05) is 28.1 Å². The van der Waals surface area contributed by atoms with Gasteiger partial charge in [0.15, 0.2) is 0 Å². The van der Waals surface area contributed by atoms with E-state index in [-0.39, 0.29) is 12.2 Å². The van der Waals surface area contributed by atoms with Gasteiger partial charge in [-0.2, -0.15) is 13.2 Å². The van der Waals surface area contributed by atoms with E-state index in [1.54, 1.807) is 6.92 Å². The molecule has 7 heteroatoms. The molecule has 0 heterocycles. The van der Waals surface area contributed by atoms with Crippen molar-refractivity contribution in [3.63, 3.8) is 0 Å². The minimum Gasteiger partial charge on any atom is -0.460 e. The second-order valence-electron chi connectivity index (χ2n) is 3.57. The van der Waals surface area contributed by atoms with Crippen LogP contribution in [0.4, 0.5) is 13.2 Å². The van der Waals surface area contributed by atoms with E-state index in [1.165, 1.54) is 0 Å². The number of ketones is 1. The quantitative estimate of drug-likeness (QED) is 0.480. The summed E-state index contributed by atoms with van der Waals surface area (Å²) in [6, 6.07) is 3.97. The SMILES string of the molecule is CCOC(=O)C(=O)C(Br)c1ccc(C(F)(F)F)cc1. The van der Waals surface area contributed by atoms with Crippen LogP contribution in [0.1, 0.15) is 22.9 Å². The number of hydrogen-bond acceptors (Lipinski definition) is 3. The molecule has 0 bridgehead atoms. The van der Waals surface area contributed by atoms with Gasteiger partial charge in [-0.15, -0.1) is 0 Å². The number of hydrogen-bond donors (Lipinski definition) is 0. The number of benzene rings is 1. The lowest BCUT2D eigenvalue weighted by molar-refractivity contribution is -0.153. The van der Waals surface area contributed by atoms with Crippen molar-refractivity contribution >= 4 is 27.7 Å². The number of esters is 1. The minimum atomic E-state index is -4.44. The van der Waals surface area contributed by atoms with E-state index in [0.717, 1.165) is 24.3 Å². The Hall–Kier alpha value is -1.37. The van der Waals surface area contributed by atoms with Crippen LogP contribution in [0, 0.1) is 0 Å². The van der Waals surface area contributed by atoms with Crippen LogP contribution in [0.25, 0.3) is 0 Å². The number of halogens is 4. The van der Waals surface area contributed by atoms with E-state index in [2.05, 4.69) is 20.7 Å². The van der Waals surface area contributed by atoms with Crippen LogP contribution in [-0.2, 0) is 20.5 Å². The Morgan fingerprint density at radius 2 is 1.79 bits per heavy atom. The highest BCUT2D eigenvalue weighted by Crippen LogP contribution is 2.31. The molecule has 3 nitrogen and oxygen atoms in total. The molecule has 19 heavy (non-hydrogen) atoms. The Balaban J connectivity index is 2.86. The number of alkyl halides is 4. The maximum absolute atomic E-state index is 12.4. The van der Waals surface area contributed by atoms with E-state index >= 15 is 0 Å². The lowest BCUT2D eigenvalue weighted by Gasteiger charge is -2.10. The molecule has 1 rings (SSSR count). The third kappa shape index (κ3) is 4.05. The summed E-state index contributed by atoms with van der Waals surface area (Å²) < 4.78 is 41.6. The molecule has 104 valence electrons. The maximum atomic E-state index is 12.4. The number of carbonyl (C=O) groups is 2. The summed E-state index contributed by atoms with van der Waals surface area (Å²) in [5.74, 6) is -1.88. The Morgan fingerprint density at radius 1 is 1.26 bits per heavy atom. The van der Waals surface area contributed by atoms with E-state index in [4.69, 9.17) is 0 Å². The molecule has 0 amide bonds. The van der Waals surface area contributed by atoms with Crippen molar-refractivity contribution in [3.05, 3.63) is 35.4 Å². The van der Waals surface area contributed by atoms with Crippen LogP contribution >= 0.6 is 15.9 Å². The molecule has 0 aromatic heterocycles. The number of Topliss-reactive ketones (excluding diaryl/α,β-unsaturated/α-hetero) is 1. The Labute approximate surface area is 115 Å². The zero-order chi connectivity index (χ0) is 14.6. The fraction of sp³-hybridized carbons (Fsp3) is 0.333. The highest BCUT2D eigenvalue weighted by atomic mass is 79.9.